The number of imide groups is 1. The summed E-state index contributed by atoms with van der Waals surface area (Å²) in [5.74, 6) is -0.471. The monoisotopic (exact) mass is 416 g/mol. The third-order valence-corrected chi connectivity index (χ3v) is 5.94. The van der Waals surface area contributed by atoms with E-state index in [0.29, 0.717) is 17.8 Å². The van der Waals surface area contributed by atoms with Crippen LogP contribution in [0.1, 0.15) is 12.0 Å². The molecule has 1 N–H and O–H groups in total. The lowest BCUT2D eigenvalue weighted by Crippen LogP contribution is -2.30. The Hall–Kier alpha value is -3.38. The van der Waals surface area contributed by atoms with Gasteiger partial charge in [0.2, 0.25) is 17.7 Å². The number of para-hydroxylation sites is 1. The van der Waals surface area contributed by atoms with Crippen molar-refractivity contribution in [2.24, 2.45) is 0 Å². The van der Waals surface area contributed by atoms with E-state index >= 15 is 0 Å². The Balaban J connectivity index is 1.36. The number of thioether (sulfide) groups is 1. The van der Waals surface area contributed by atoms with Crippen LogP contribution in [0.5, 0.6) is 0 Å². The second-order valence-electron chi connectivity index (χ2n) is 6.95. The molecule has 3 amide bonds. The molecule has 1 aliphatic heterocycles. The normalized spacial score (nSPS) is 16.0. The van der Waals surface area contributed by atoms with Gasteiger partial charge in [-0.05, 0) is 42.0 Å². The minimum absolute atomic E-state index is 0.0864. The first-order chi connectivity index (χ1) is 14.6. The van der Waals surface area contributed by atoms with Crippen LogP contribution in [0.3, 0.4) is 0 Å². The molecule has 5 nitrogen and oxygen atoms in total. The maximum absolute atomic E-state index is 12.7. The molecular weight excluding hydrogens is 396 g/mol. The van der Waals surface area contributed by atoms with Gasteiger partial charge in [-0.15, -0.1) is 11.8 Å². The second-order valence-corrected chi connectivity index (χ2v) is 8.22. The molecular formula is C24H20N2O3S. The number of amides is 3. The van der Waals surface area contributed by atoms with Gasteiger partial charge in [-0.25, -0.2) is 4.90 Å². The lowest BCUT2D eigenvalue weighted by Gasteiger charge is -2.14. The van der Waals surface area contributed by atoms with Crippen molar-refractivity contribution in [2.75, 3.05) is 10.2 Å². The lowest BCUT2D eigenvalue weighted by atomic mass is 10.1. The summed E-state index contributed by atoms with van der Waals surface area (Å²) in [6, 6.07) is 25.9. The Bertz CT molecular complexity index is 1050. The summed E-state index contributed by atoms with van der Waals surface area (Å²) in [7, 11) is 0. The molecule has 0 saturated carbocycles. The molecule has 3 aromatic rings. The van der Waals surface area contributed by atoms with Gasteiger partial charge in [-0.3, -0.25) is 14.4 Å². The van der Waals surface area contributed by atoms with E-state index in [1.165, 1.54) is 16.7 Å². The first kappa shape index (κ1) is 19.9. The van der Waals surface area contributed by atoms with Gasteiger partial charge < -0.3 is 5.32 Å². The zero-order valence-electron chi connectivity index (χ0n) is 16.2. The number of nitrogens with zero attached hydrogens (tertiary/aromatic N) is 1. The van der Waals surface area contributed by atoms with E-state index in [0.717, 1.165) is 10.5 Å². The maximum atomic E-state index is 12.7. The first-order valence-electron chi connectivity index (χ1n) is 9.62. The number of anilines is 2. The molecule has 0 aromatic heterocycles. The van der Waals surface area contributed by atoms with Crippen LogP contribution in [0.15, 0.2) is 89.8 Å². The highest BCUT2D eigenvalue weighted by molar-refractivity contribution is 8.00. The molecule has 1 atom stereocenters. The van der Waals surface area contributed by atoms with Gasteiger partial charge >= 0.3 is 0 Å². The zero-order valence-corrected chi connectivity index (χ0v) is 17.0. The van der Waals surface area contributed by atoms with Crippen LogP contribution in [-0.4, -0.2) is 23.0 Å². The molecule has 0 spiro atoms. The van der Waals surface area contributed by atoms with Crippen molar-refractivity contribution in [1.29, 1.82) is 0 Å². The highest BCUT2D eigenvalue weighted by atomic mass is 32.2. The summed E-state index contributed by atoms with van der Waals surface area (Å²) in [5.41, 5.74) is 2.25. The Morgan fingerprint density at radius 1 is 0.900 bits per heavy atom. The van der Waals surface area contributed by atoms with Gasteiger partial charge in [0.15, 0.2) is 0 Å². The fraction of sp³-hybridized carbons (Fsp3) is 0.125. The Labute approximate surface area is 179 Å². The average molecular weight is 417 g/mol. The fourth-order valence-corrected chi connectivity index (χ4v) is 4.37. The van der Waals surface area contributed by atoms with Crippen molar-refractivity contribution >= 4 is 40.9 Å². The standard InChI is InChI=1S/C24H20N2O3S/c27-22(15-17-7-3-1-4-8-17)25-18-11-13-20(14-12-18)30-21-16-23(28)26(24(21)29)19-9-5-2-6-10-19/h1-14,21H,15-16H2,(H,25,27)/t21-/m0/s1. The van der Waals surface area contributed by atoms with Crippen molar-refractivity contribution in [3.8, 4) is 0 Å². The van der Waals surface area contributed by atoms with Crippen LogP contribution in [0, 0.1) is 0 Å². The average Bonchev–Trinajstić information content (AvgIpc) is 3.03. The van der Waals surface area contributed by atoms with Gasteiger partial charge in [-0.2, -0.15) is 0 Å². The molecule has 3 aromatic carbocycles. The quantitative estimate of drug-likeness (QED) is 0.609. The predicted molar refractivity (Wildman–Crippen MR) is 118 cm³/mol. The third kappa shape index (κ3) is 4.60. The number of carbonyl (C=O) groups is 3. The minimum Gasteiger partial charge on any atom is -0.326 e. The van der Waals surface area contributed by atoms with E-state index in [2.05, 4.69) is 5.32 Å². The van der Waals surface area contributed by atoms with Crippen LogP contribution in [-0.2, 0) is 20.8 Å². The van der Waals surface area contributed by atoms with Crippen molar-refractivity contribution in [3.63, 3.8) is 0 Å². The smallest absolute Gasteiger partial charge is 0.247 e. The molecule has 1 aliphatic rings. The molecule has 0 aliphatic carbocycles. The molecule has 1 saturated heterocycles. The van der Waals surface area contributed by atoms with E-state index in [1.807, 2.05) is 48.5 Å². The lowest BCUT2D eigenvalue weighted by molar-refractivity contribution is -0.121. The molecule has 1 heterocycles. The van der Waals surface area contributed by atoms with Crippen molar-refractivity contribution in [2.45, 2.75) is 23.0 Å². The van der Waals surface area contributed by atoms with E-state index in [-0.39, 0.29) is 24.1 Å². The summed E-state index contributed by atoms with van der Waals surface area (Å²) in [6.07, 6.45) is 0.485. The molecule has 0 radical (unpaired) electrons. The zero-order chi connectivity index (χ0) is 20.9. The van der Waals surface area contributed by atoms with Crippen LogP contribution >= 0.6 is 11.8 Å². The summed E-state index contributed by atoms with van der Waals surface area (Å²) < 4.78 is 0. The van der Waals surface area contributed by atoms with Gasteiger partial charge in [0.05, 0.1) is 17.4 Å². The number of nitrogens with one attached hydrogen (secondary N) is 1. The van der Waals surface area contributed by atoms with Gasteiger partial charge in [-0.1, -0.05) is 48.5 Å². The molecule has 1 fully saturated rings. The molecule has 4 rings (SSSR count). The van der Waals surface area contributed by atoms with Gasteiger partial charge in [0.25, 0.3) is 0 Å². The summed E-state index contributed by atoms with van der Waals surface area (Å²) in [5, 5.41) is 2.43. The van der Waals surface area contributed by atoms with Crippen LogP contribution in [0.25, 0.3) is 0 Å². The fourth-order valence-electron chi connectivity index (χ4n) is 3.31. The van der Waals surface area contributed by atoms with Gasteiger partial charge in [0, 0.05) is 17.0 Å². The summed E-state index contributed by atoms with van der Waals surface area (Å²) in [4.78, 5) is 39.4. The van der Waals surface area contributed by atoms with Crippen LogP contribution in [0.2, 0.25) is 0 Å². The van der Waals surface area contributed by atoms with E-state index < -0.39 is 5.25 Å². The van der Waals surface area contributed by atoms with E-state index in [9.17, 15) is 14.4 Å². The molecule has 0 unspecified atom stereocenters. The Kier molecular flexibility index (Phi) is 5.95. The molecule has 6 heteroatoms. The largest absolute Gasteiger partial charge is 0.326 e. The predicted octanol–water partition coefficient (Wildman–Crippen LogP) is 4.29. The SMILES string of the molecule is O=C(Cc1ccccc1)Nc1ccc(S[C@H]2CC(=O)N(c3ccccc3)C2=O)cc1. The number of carbonyl (C=O) groups excluding carboxylic acids is 3. The van der Waals surface area contributed by atoms with E-state index in [4.69, 9.17) is 0 Å². The number of benzene rings is 3. The summed E-state index contributed by atoms with van der Waals surface area (Å²) >= 11 is 1.37. The number of hydrogen-bond acceptors (Lipinski definition) is 4. The van der Waals surface area contributed by atoms with Crippen LogP contribution in [0.4, 0.5) is 11.4 Å². The molecule has 0 bridgehead atoms. The number of rotatable bonds is 6. The summed E-state index contributed by atoms with van der Waals surface area (Å²) in [6.45, 7) is 0. The van der Waals surface area contributed by atoms with Crippen molar-refractivity contribution in [3.05, 3.63) is 90.5 Å². The molecule has 150 valence electrons. The Morgan fingerprint density at radius 3 is 2.20 bits per heavy atom. The first-order valence-corrected chi connectivity index (χ1v) is 10.5. The highest BCUT2D eigenvalue weighted by Crippen LogP contribution is 2.34. The van der Waals surface area contributed by atoms with Gasteiger partial charge in [0.1, 0.15) is 0 Å². The topological polar surface area (TPSA) is 66.5 Å². The van der Waals surface area contributed by atoms with Crippen molar-refractivity contribution in [1.82, 2.24) is 0 Å². The minimum atomic E-state index is -0.448. The maximum Gasteiger partial charge on any atom is 0.247 e. The Morgan fingerprint density at radius 2 is 1.53 bits per heavy atom. The van der Waals surface area contributed by atoms with Crippen molar-refractivity contribution < 1.29 is 14.4 Å². The van der Waals surface area contributed by atoms with Crippen LogP contribution < -0.4 is 10.2 Å². The van der Waals surface area contributed by atoms with E-state index in [1.54, 1.807) is 36.4 Å². The second kappa shape index (κ2) is 8.97. The third-order valence-electron chi connectivity index (χ3n) is 4.74. The molecule has 30 heavy (non-hydrogen) atoms. The highest BCUT2D eigenvalue weighted by Gasteiger charge is 2.40. The number of hydrogen-bond donors (Lipinski definition) is 1.